The van der Waals surface area contributed by atoms with Crippen LogP contribution in [0.15, 0.2) is 18.2 Å². The minimum Gasteiger partial charge on any atom is -0.374 e. The lowest BCUT2D eigenvalue weighted by Crippen LogP contribution is -2.14. The Morgan fingerprint density at radius 1 is 1.50 bits per heavy atom. The SMILES string of the molecule is CNC(O)c1ccc2nc(C)[nH]c2c1. The quantitative estimate of drug-likeness (QED) is 0.622. The molecule has 0 radical (unpaired) electrons. The van der Waals surface area contributed by atoms with Crippen LogP contribution in [0.5, 0.6) is 0 Å². The van der Waals surface area contributed by atoms with Crippen molar-refractivity contribution in [1.82, 2.24) is 15.3 Å². The van der Waals surface area contributed by atoms with Gasteiger partial charge in [0.2, 0.25) is 0 Å². The maximum Gasteiger partial charge on any atom is 0.130 e. The molecule has 0 fully saturated rings. The number of imidazole rings is 1. The van der Waals surface area contributed by atoms with Crippen molar-refractivity contribution >= 4 is 11.0 Å². The van der Waals surface area contributed by atoms with E-state index in [1.165, 1.54) is 0 Å². The molecular formula is C10H13N3O. The van der Waals surface area contributed by atoms with Crippen LogP contribution in [0.4, 0.5) is 0 Å². The van der Waals surface area contributed by atoms with Gasteiger partial charge in [0.05, 0.1) is 11.0 Å². The van der Waals surface area contributed by atoms with Gasteiger partial charge >= 0.3 is 0 Å². The summed E-state index contributed by atoms with van der Waals surface area (Å²) in [5, 5.41) is 12.3. The third kappa shape index (κ3) is 1.49. The molecule has 4 heteroatoms. The Labute approximate surface area is 82.0 Å². The summed E-state index contributed by atoms with van der Waals surface area (Å²) in [6.45, 7) is 1.91. The number of hydrogen-bond donors (Lipinski definition) is 3. The Balaban J connectivity index is 2.50. The van der Waals surface area contributed by atoms with Crippen LogP contribution in [0.3, 0.4) is 0 Å². The molecule has 1 heterocycles. The maximum atomic E-state index is 9.55. The lowest BCUT2D eigenvalue weighted by atomic mass is 10.2. The van der Waals surface area contributed by atoms with Gasteiger partial charge in [0, 0.05) is 0 Å². The Kier molecular flexibility index (Phi) is 2.23. The molecule has 0 saturated carbocycles. The first kappa shape index (κ1) is 9.18. The van der Waals surface area contributed by atoms with Gasteiger partial charge in [0.1, 0.15) is 12.1 Å². The van der Waals surface area contributed by atoms with E-state index < -0.39 is 6.23 Å². The van der Waals surface area contributed by atoms with Gasteiger partial charge in [-0.3, -0.25) is 5.32 Å². The Bertz CT molecular complexity index is 450. The minimum atomic E-state index is -0.622. The van der Waals surface area contributed by atoms with Crippen molar-refractivity contribution in [2.75, 3.05) is 7.05 Å². The Morgan fingerprint density at radius 2 is 2.29 bits per heavy atom. The zero-order chi connectivity index (χ0) is 10.1. The normalized spacial score (nSPS) is 13.4. The predicted molar refractivity (Wildman–Crippen MR) is 54.9 cm³/mol. The minimum absolute atomic E-state index is 0.622. The molecule has 0 bridgehead atoms. The predicted octanol–water partition coefficient (Wildman–Crippen LogP) is 1.08. The molecule has 1 aromatic carbocycles. The molecule has 1 unspecified atom stereocenters. The summed E-state index contributed by atoms with van der Waals surface area (Å²) in [5.74, 6) is 0.885. The number of aliphatic hydroxyl groups is 1. The molecule has 14 heavy (non-hydrogen) atoms. The third-order valence-corrected chi connectivity index (χ3v) is 2.21. The van der Waals surface area contributed by atoms with Crippen molar-refractivity contribution in [3.63, 3.8) is 0 Å². The number of aliphatic hydroxyl groups excluding tert-OH is 1. The van der Waals surface area contributed by atoms with Crippen LogP contribution >= 0.6 is 0 Å². The van der Waals surface area contributed by atoms with Crippen molar-refractivity contribution in [3.05, 3.63) is 29.6 Å². The third-order valence-electron chi connectivity index (χ3n) is 2.21. The molecule has 4 nitrogen and oxygen atoms in total. The maximum absolute atomic E-state index is 9.55. The number of aromatic nitrogens is 2. The zero-order valence-corrected chi connectivity index (χ0v) is 8.20. The van der Waals surface area contributed by atoms with E-state index >= 15 is 0 Å². The standard InChI is InChI=1S/C10H13N3O/c1-6-12-8-4-3-7(10(14)11-2)5-9(8)13-6/h3-5,10-11,14H,1-2H3,(H,12,13). The fraction of sp³-hybridized carbons (Fsp3) is 0.300. The molecule has 0 aliphatic heterocycles. The van der Waals surface area contributed by atoms with Crippen molar-refractivity contribution in [1.29, 1.82) is 0 Å². The first-order valence-electron chi connectivity index (χ1n) is 4.52. The lowest BCUT2D eigenvalue weighted by molar-refractivity contribution is 0.149. The fourth-order valence-electron chi connectivity index (χ4n) is 1.49. The van der Waals surface area contributed by atoms with Crippen LogP contribution in [-0.4, -0.2) is 22.1 Å². The first-order chi connectivity index (χ1) is 6.70. The van der Waals surface area contributed by atoms with Gasteiger partial charge in [0.25, 0.3) is 0 Å². The number of nitrogens with one attached hydrogen (secondary N) is 2. The van der Waals surface area contributed by atoms with Crippen LogP contribution < -0.4 is 5.32 Å². The number of benzene rings is 1. The monoisotopic (exact) mass is 191 g/mol. The molecule has 2 aromatic rings. The van der Waals surface area contributed by atoms with Crippen LogP contribution in [0.1, 0.15) is 17.6 Å². The first-order valence-corrected chi connectivity index (χ1v) is 4.52. The summed E-state index contributed by atoms with van der Waals surface area (Å²) in [6, 6.07) is 5.66. The van der Waals surface area contributed by atoms with E-state index in [0.717, 1.165) is 22.4 Å². The van der Waals surface area contributed by atoms with Crippen molar-refractivity contribution in [3.8, 4) is 0 Å². The summed E-state index contributed by atoms with van der Waals surface area (Å²) >= 11 is 0. The molecule has 1 aromatic heterocycles. The molecule has 2 rings (SSSR count). The smallest absolute Gasteiger partial charge is 0.130 e. The average molecular weight is 191 g/mol. The lowest BCUT2D eigenvalue weighted by Gasteiger charge is -2.08. The summed E-state index contributed by atoms with van der Waals surface area (Å²) in [4.78, 5) is 7.41. The summed E-state index contributed by atoms with van der Waals surface area (Å²) in [5.41, 5.74) is 2.72. The van der Waals surface area contributed by atoms with E-state index in [0.29, 0.717) is 0 Å². The molecule has 74 valence electrons. The summed E-state index contributed by atoms with van der Waals surface area (Å²) in [7, 11) is 1.72. The molecular weight excluding hydrogens is 178 g/mol. The molecule has 0 aliphatic rings. The van der Waals surface area contributed by atoms with Gasteiger partial charge in [-0.15, -0.1) is 0 Å². The van der Waals surface area contributed by atoms with Gasteiger partial charge in [-0.2, -0.15) is 0 Å². The van der Waals surface area contributed by atoms with E-state index in [-0.39, 0.29) is 0 Å². The van der Waals surface area contributed by atoms with Crippen LogP contribution in [0, 0.1) is 6.92 Å². The van der Waals surface area contributed by atoms with Gasteiger partial charge < -0.3 is 10.1 Å². The Hall–Kier alpha value is -1.39. The topological polar surface area (TPSA) is 60.9 Å². The number of fused-ring (bicyclic) bond motifs is 1. The van der Waals surface area contributed by atoms with Gasteiger partial charge in [0.15, 0.2) is 0 Å². The highest BCUT2D eigenvalue weighted by molar-refractivity contribution is 5.75. The number of hydrogen-bond acceptors (Lipinski definition) is 3. The number of rotatable bonds is 2. The van der Waals surface area contributed by atoms with Crippen LogP contribution in [-0.2, 0) is 0 Å². The second-order valence-electron chi connectivity index (χ2n) is 3.29. The average Bonchev–Trinajstić information content (AvgIpc) is 2.55. The Morgan fingerprint density at radius 3 is 3.00 bits per heavy atom. The molecule has 0 amide bonds. The van der Waals surface area contributed by atoms with E-state index in [1.54, 1.807) is 7.05 Å². The van der Waals surface area contributed by atoms with Crippen molar-refractivity contribution in [2.45, 2.75) is 13.2 Å². The zero-order valence-electron chi connectivity index (χ0n) is 8.20. The highest BCUT2D eigenvalue weighted by Gasteiger charge is 2.06. The molecule has 0 saturated heterocycles. The van der Waals surface area contributed by atoms with Gasteiger partial charge in [-0.05, 0) is 31.7 Å². The number of nitrogens with zero attached hydrogens (tertiary/aromatic N) is 1. The van der Waals surface area contributed by atoms with Crippen LogP contribution in [0.2, 0.25) is 0 Å². The molecule has 1 atom stereocenters. The van der Waals surface area contributed by atoms with Gasteiger partial charge in [-0.25, -0.2) is 4.98 Å². The van der Waals surface area contributed by atoms with E-state index in [1.807, 2.05) is 25.1 Å². The van der Waals surface area contributed by atoms with E-state index in [4.69, 9.17) is 0 Å². The molecule has 0 spiro atoms. The number of aromatic amines is 1. The largest absolute Gasteiger partial charge is 0.374 e. The molecule has 0 aliphatic carbocycles. The second-order valence-corrected chi connectivity index (χ2v) is 3.29. The second kappa shape index (κ2) is 3.40. The van der Waals surface area contributed by atoms with E-state index in [2.05, 4.69) is 15.3 Å². The van der Waals surface area contributed by atoms with E-state index in [9.17, 15) is 5.11 Å². The summed E-state index contributed by atoms with van der Waals surface area (Å²) in [6.07, 6.45) is -0.622. The van der Waals surface area contributed by atoms with Crippen molar-refractivity contribution < 1.29 is 5.11 Å². The fourth-order valence-corrected chi connectivity index (χ4v) is 1.49. The number of aryl methyl sites for hydroxylation is 1. The highest BCUT2D eigenvalue weighted by atomic mass is 16.3. The van der Waals surface area contributed by atoms with Crippen LogP contribution in [0.25, 0.3) is 11.0 Å². The molecule has 3 N–H and O–H groups in total. The highest BCUT2D eigenvalue weighted by Crippen LogP contribution is 2.17. The summed E-state index contributed by atoms with van der Waals surface area (Å²) < 4.78 is 0. The van der Waals surface area contributed by atoms with Crippen molar-refractivity contribution in [2.24, 2.45) is 0 Å². The number of H-pyrrole nitrogens is 1. The van der Waals surface area contributed by atoms with Gasteiger partial charge in [-0.1, -0.05) is 6.07 Å².